The lowest BCUT2D eigenvalue weighted by Crippen LogP contribution is -2.56. The number of pyridine rings is 3. The summed E-state index contributed by atoms with van der Waals surface area (Å²) < 4.78 is 0. The Balaban J connectivity index is 1.31. The molecule has 0 bridgehead atoms. The van der Waals surface area contributed by atoms with Crippen LogP contribution in [0.25, 0.3) is 56.1 Å². The van der Waals surface area contributed by atoms with Crippen molar-refractivity contribution in [1.29, 1.82) is 0 Å². The Labute approximate surface area is 198 Å². The van der Waals surface area contributed by atoms with Crippen LogP contribution in [0.1, 0.15) is 0 Å². The van der Waals surface area contributed by atoms with Crippen molar-refractivity contribution >= 4 is 27.8 Å². The molecule has 11 heteroatoms. The van der Waals surface area contributed by atoms with Gasteiger partial charge in [-0.05, 0) is 18.2 Å². The molecule has 1 fully saturated rings. The predicted molar refractivity (Wildman–Crippen MR) is 131 cm³/mol. The van der Waals surface area contributed by atoms with Gasteiger partial charge in [-0.25, -0.2) is 9.97 Å². The molecule has 0 aromatic carbocycles. The minimum atomic E-state index is 0.181. The van der Waals surface area contributed by atoms with Crippen LogP contribution >= 0.6 is 0 Å². The van der Waals surface area contributed by atoms with E-state index < -0.39 is 0 Å². The van der Waals surface area contributed by atoms with Crippen molar-refractivity contribution in [2.75, 3.05) is 18.0 Å². The SMILES string of the molecule is NC1CN(c2cncc(-c3cc4c(-c5nc6c(-c7ccccn7)cncc6[nH]5)n[nH]c4cn3)n2)C1. The first-order valence-corrected chi connectivity index (χ1v) is 11.2. The zero-order chi connectivity index (χ0) is 23.4. The Kier molecular flexibility index (Phi) is 4.29. The zero-order valence-electron chi connectivity index (χ0n) is 18.4. The monoisotopic (exact) mass is 461 g/mol. The van der Waals surface area contributed by atoms with Gasteiger partial charge in [0.1, 0.15) is 22.7 Å². The molecule has 1 aliphatic heterocycles. The first-order chi connectivity index (χ1) is 17.2. The van der Waals surface area contributed by atoms with Crippen LogP contribution in [-0.4, -0.2) is 64.2 Å². The van der Waals surface area contributed by atoms with E-state index in [0.29, 0.717) is 22.9 Å². The van der Waals surface area contributed by atoms with Gasteiger partial charge in [-0.2, -0.15) is 5.10 Å². The van der Waals surface area contributed by atoms with E-state index in [9.17, 15) is 0 Å². The van der Waals surface area contributed by atoms with Crippen LogP contribution in [0.4, 0.5) is 5.82 Å². The van der Waals surface area contributed by atoms with Gasteiger partial charge in [-0.15, -0.1) is 0 Å². The minimum absolute atomic E-state index is 0.181. The highest BCUT2D eigenvalue weighted by Crippen LogP contribution is 2.31. The highest BCUT2D eigenvalue weighted by Gasteiger charge is 2.25. The van der Waals surface area contributed by atoms with Crippen LogP contribution in [0.2, 0.25) is 0 Å². The summed E-state index contributed by atoms with van der Waals surface area (Å²) in [4.78, 5) is 32.8. The minimum Gasteiger partial charge on any atom is -0.352 e. The Bertz CT molecular complexity index is 1680. The maximum Gasteiger partial charge on any atom is 0.159 e. The van der Waals surface area contributed by atoms with Crippen molar-refractivity contribution in [2.45, 2.75) is 6.04 Å². The van der Waals surface area contributed by atoms with Crippen molar-refractivity contribution in [1.82, 2.24) is 45.1 Å². The molecule has 0 amide bonds. The molecule has 170 valence electrons. The molecule has 35 heavy (non-hydrogen) atoms. The van der Waals surface area contributed by atoms with Gasteiger partial charge < -0.3 is 15.6 Å². The summed E-state index contributed by atoms with van der Waals surface area (Å²) in [5.74, 6) is 1.42. The van der Waals surface area contributed by atoms with Crippen LogP contribution in [0.15, 0.2) is 61.4 Å². The van der Waals surface area contributed by atoms with Crippen molar-refractivity contribution in [3.05, 3.63) is 61.4 Å². The molecule has 7 heterocycles. The third-order valence-corrected chi connectivity index (χ3v) is 6.12. The smallest absolute Gasteiger partial charge is 0.159 e. The van der Waals surface area contributed by atoms with Gasteiger partial charge in [-0.1, -0.05) is 6.07 Å². The number of hydrogen-bond acceptors (Lipinski definition) is 9. The molecular formula is C24H19N11. The lowest BCUT2D eigenvalue weighted by molar-refractivity contribution is 0.514. The number of aromatic nitrogens is 9. The molecular weight excluding hydrogens is 442 g/mol. The summed E-state index contributed by atoms with van der Waals surface area (Å²) in [5.41, 5.74) is 12.0. The number of anilines is 1. The van der Waals surface area contributed by atoms with E-state index in [2.05, 4.69) is 40.0 Å². The van der Waals surface area contributed by atoms with Crippen LogP contribution in [0, 0.1) is 0 Å². The Morgan fingerprint density at radius 2 is 1.80 bits per heavy atom. The summed E-state index contributed by atoms with van der Waals surface area (Å²) in [6.45, 7) is 1.55. The van der Waals surface area contributed by atoms with Gasteiger partial charge in [0.15, 0.2) is 5.82 Å². The lowest BCUT2D eigenvalue weighted by Gasteiger charge is -2.37. The van der Waals surface area contributed by atoms with Crippen LogP contribution in [0.3, 0.4) is 0 Å². The molecule has 6 aromatic rings. The lowest BCUT2D eigenvalue weighted by atomic mass is 10.1. The van der Waals surface area contributed by atoms with E-state index in [4.69, 9.17) is 15.7 Å². The molecule has 0 spiro atoms. The standard InChI is InChI=1S/C24H19N11/c25-13-11-35(12-13)21-10-27-7-19(30-21)17-5-14-18(9-29-17)33-34-23(14)24-31-20-8-26-6-15(22(20)32-24)16-3-1-2-4-28-16/h1-10,13H,11-12,25H2,(H,31,32)(H,33,34). The summed E-state index contributed by atoms with van der Waals surface area (Å²) in [6.07, 6.45) is 10.5. The molecule has 0 radical (unpaired) electrons. The molecule has 0 atom stereocenters. The zero-order valence-corrected chi connectivity index (χ0v) is 18.4. The number of fused-ring (bicyclic) bond motifs is 2. The average molecular weight is 461 g/mol. The van der Waals surface area contributed by atoms with E-state index >= 15 is 0 Å². The highest BCUT2D eigenvalue weighted by molar-refractivity contribution is 5.96. The Morgan fingerprint density at radius 1 is 0.886 bits per heavy atom. The third-order valence-electron chi connectivity index (χ3n) is 6.12. The molecule has 7 rings (SSSR count). The van der Waals surface area contributed by atoms with Gasteiger partial charge in [0.25, 0.3) is 0 Å². The van der Waals surface area contributed by atoms with E-state index in [0.717, 1.165) is 52.1 Å². The topological polar surface area (TPSA) is 151 Å². The summed E-state index contributed by atoms with van der Waals surface area (Å²) in [5, 5.41) is 8.45. The second-order valence-corrected chi connectivity index (χ2v) is 8.50. The van der Waals surface area contributed by atoms with E-state index in [1.165, 1.54) is 0 Å². The Hall–Kier alpha value is -4.77. The summed E-state index contributed by atoms with van der Waals surface area (Å²) in [7, 11) is 0. The van der Waals surface area contributed by atoms with Crippen LogP contribution in [-0.2, 0) is 0 Å². The second-order valence-electron chi connectivity index (χ2n) is 8.50. The molecule has 0 aliphatic carbocycles. The van der Waals surface area contributed by atoms with Gasteiger partial charge in [0.05, 0.1) is 47.2 Å². The molecule has 11 nitrogen and oxygen atoms in total. The number of rotatable bonds is 4. The normalized spacial score (nSPS) is 14.0. The number of aromatic amines is 2. The molecule has 1 saturated heterocycles. The van der Waals surface area contributed by atoms with Crippen LogP contribution in [0.5, 0.6) is 0 Å². The first-order valence-electron chi connectivity index (χ1n) is 11.2. The van der Waals surface area contributed by atoms with E-state index in [1.807, 2.05) is 24.3 Å². The predicted octanol–water partition coefficient (Wildman–Crippen LogP) is 2.56. The molecule has 4 N–H and O–H groups in total. The van der Waals surface area contributed by atoms with Crippen molar-refractivity contribution in [3.63, 3.8) is 0 Å². The summed E-state index contributed by atoms with van der Waals surface area (Å²) in [6, 6.07) is 7.90. The highest BCUT2D eigenvalue weighted by atomic mass is 15.3. The first kappa shape index (κ1) is 19.7. The number of nitrogens with one attached hydrogen (secondary N) is 2. The van der Waals surface area contributed by atoms with Crippen molar-refractivity contribution < 1.29 is 0 Å². The fourth-order valence-corrected chi connectivity index (χ4v) is 4.32. The third kappa shape index (κ3) is 3.28. The van der Waals surface area contributed by atoms with Crippen molar-refractivity contribution in [2.24, 2.45) is 5.73 Å². The quantitative estimate of drug-likeness (QED) is 0.360. The number of nitrogens with zero attached hydrogens (tertiary/aromatic N) is 8. The Morgan fingerprint density at radius 3 is 2.66 bits per heavy atom. The van der Waals surface area contributed by atoms with Gasteiger partial charge >= 0.3 is 0 Å². The number of imidazole rings is 1. The van der Waals surface area contributed by atoms with Crippen LogP contribution < -0.4 is 10.6 Å². The van der Waals surface area contributed by atoms with Gasteiger partial charge in [0.2, 0.25) is 0 Å². The second kappa shape index (κ2) is 7.64. The number of nitrogens with two attached hydrogens (primary N) is 1. The van der Waals surface area contributed by atoms with Gasteiger partial charge in [0, 0.05) is 42.5 Å². The molecule has 0 saturated carbocycles. The molecule has 1 aliphatic rings. The van der Waals surface area contributed by atoms with E-state index in [-0.39, 0.29) is 6.04 Å². The fourth-order valence-electron chi connectivity index (χ4n) is 4.32. The van der Waals surface area contributed by atoms with E-state index in [1.54, 1.807) is 37.2 Å². The largest absolute Gasteiger partial charge is 0.352 e. The average Bonchev–Trinajstić information content (AvgIpc) is 3.51. The summed E-state index contributed by atoms with van der Waals surface area (Å²) >= 11 is 0. The molecule has 6 aromatic heterocycles. The maximum absolute atomic E-state index is 5.92. The fraction of sp³-hybridized carbons (Fsp3) is 0.125. The van der Waals surface area contributed by atoms with Crippen molar-refractivity contribution in [3.8, 4) is 34.2 Å². The molecule has 0 unspecified atom stereocenters. The maximum atomic E-state index is 5.92. The van der Waals surface area contributed by atoms with Gasteiger partial charge in [-0.3, -0.25) is 25.0 Å². The number of hydrogen-bond donors (Lipinski definition) is 3. The number of H-pyrrole nitrogens is 2.